The van der Waals surface area contributed by atoms with Gasteiger partial charge >= 0.3 is 0 Å². The molecule has 0 unspecified atom stereocenters. The summed E-state index contributed by atoms with van der Waals surface area (Å²) in [6, 6.07) is 60.7. The van der Waals surface area contributed by atoms with Crippen molar-refractivity contribution < 1.29 is 4.42 Å². The number of rotatable bonds is 5. The first-order chi connectivity index (χ1) is 23.8. The summed E-state index contributed by atoms with van der Waals surface area (Å²) in [4.78, 5) is 2.34. The highest BCUT2D eigenvalue weighted by molar-refractivity contribution is 7.26. The van der Waals surface area contributed by atoms with Crippen LogP contribution in [0.4, 0.5) is 17.1 Å². The van der Waals surface area contributed by atoms with Gasteiger partial charge in [-0.3, -0.25) is 0 Å². The third-order valence-corrected chi connectivity index (χ3v) is 10.6. The standard InChI is InChI=1S/C44H28N2OS/c1-3-11-29(12-4-1)30-19-21-32(22-20-30)45(34-23-25-36-41(28-34)47-43-37-16-8-10-18-42(37)48-44(36)43)33-24-26-40-38(27-33)35-15-7-9-17-39(35)46(40)31-13-5-2-6-14-31/h1-28H. The second-order valence-corrected chi connectivity index (χ2v) is 13.2. The van der Waals surface area contributed by atoms with Crippen molar-refractivity contribution in [2.75, 3.05) is 4.90 Å². The molecule has 0 amide bonds. The number of fused-ring (bicyclic) bond motifs is 8. The lowest BCUT2D eigenvalue weighted by Gasteiger charge is -2.26. The molecule has 3 heterocycles. The highest BCUT2D eigenvalue weighted by Gasteiger charge is 2.20. The van der Waals surface area contributed by atoms with E-state index >= 15 is 0 Å². The highest BCUT2D eigenvalue weighted by atomic mass is 32.1. The average molecular weight is 633 g/mol. The summed E-state index contributed by atoms with van der Waals surface area (Å²) < 4.78 is 11.4. The van der Waals surface area contributed by atoms with Crippen molar-refractivity contribution in [1.29, 1.82) is 0 Å². The van der Waals surface area contributed by atoms with Crippen LogP contribution in [0, 0.1) is 0 Å². The lowest BCUT2D eigenvalue weighted by molar-refractivity contribution is 0.673. The van der Waals surface area contributed by atoms with Gasteiger partial charge in [0.05, 0.1) is 15.7 Å². The Morgan fingerprint density at radius 3 is 1.92 bits per heavy atom. The number of hydrogen-bond acceptors (Lipinski definition) is 3. The summed E-state index contributed by atoms with van der Waals surface area (Å²) in [6.07, 6.45) is 0. The lowest BCUT2D eigenvalue weighted by atomic mass is 10.0. The van der Waals surface area contributed by atoms with Crippen molar-refractivity contribution in [3.63, 3.8) is 0 Å². The van der Waals surface area contributed by atoms with Gasteiger partial charge < -0.3 is 13.9 Å². The molecule has 0 saturated heterocycles. The van der Waals surface area contributed by atoms with E-state index in [1.165, 1.54) is 47.7 Å². The van der Waals surface area contributed by atoms with Gasteiger partial charge in [-0.1, -0.05) is 91.0 Å². The van der Waals surface area contributed by atoms with Gasteiger partial charge in [0.2, 0.25) is 0 Å². The molecule has 0 fully saturated rings. The summed E-state index contributed by atoms with van der Waals surface area (Å²) in [5.74, 6) is 0. The normalized spacial score (nSPS) is 11.8. The minimum atomic E-state index is 0.896. The fourth-order valence-corrected chi connectivity index (χ4v) is 8.33. The lowest BCUT2D eigenvalue weighted by Crippen LogP contribution is -2.09. The molecule has 0 atom stereocenters. The van der Waals surface area contributed by atoms with Crippen LogP contribution in [0.2, 0.25) is 0 Å². The topological polar surface area (TPSA) is 21.3 Å². The summed E-state index contributed by atoms with van der Waals surface area (Å²) in [7, 11) is 0. The van der Waals surface area contributed by atoms with Gasteiger partial charge in [-0.05, 0) is 83.9 Å². The maximum Gasteiger partial charge on any atom is 0.154 e. The molecular formula is C44H28N2OS. The molecule has 0 N–H and O–H groups in total. The fourth-order valence-electron chi connectivity index (χ4n) is 7.17. The van der Waals surface area contributed by atoms with Crippen LogP contribution < -0.4 is 4.90 Å². The van der Waals surface area contributed by atoms with E-state index in [1.54, 1.807) is 11.3 Å². The number of furan rings is 1. The maximum absolute atomic E-state index is 6.61. The third kappa shape index (κ3) is 4.20. The van der Waals surface area contributed by atoms with Crippen molar-refractivity contribution >= 4 is 81.5 Å². The molecule has 3 nitrogen and oxygen atoms in total. The number of para-hydroxylation sites is 2. The van der Waals surface area contributed by atoms with Crippen molar-refractivity contribution in [2.45, 2.75) is 0 Å². The largest absolute Gasteiger partial charge is 0.454 e. The summed E-state index contributed by atoms with van der Waals surface area (Å²) in [5.41, 5.74) is 11.0. The smallest absolute Gasteiger partial charge is 0.154 e. The molecule has 0 aliphatic heterocycles. The molecule has 226 valence electrons. The Kier molecular flexibility index (Phi) is 6.05. The Morgan fingerprint density at radius 1 is 0.458 bits per heavy atom. The van der Waals surface area contributed by atoms with E-state index in [0.717, 1.165) is 39.3 Å². The third-order valence-electron chi connectivity index (χ3n) is 9.39. The van der Waals surface area contributed by atoms with Crippen LogP contribution >= 0.6 is 11.3 Å². The van der Waals surface area contributed by atoms with Crippen LogP contribution in [0.1, 0.15) is 0 Å². The molecule has 3 aromatic heterocycles. The van der Waals surface area contributed by atoms with Gasteiger partial charge in [-0.25, -0.2) is 0 Å². The Labute approximate surface area is 281 Å². The predicted molar refractivity (Wildman–Crippen MR) is 204 cm³/mol. The van der Waals surface area contributed by atoms with Crippen molar-refractivity contribution in [1.82, 2.24) is 4.57 Å². The molecule has 0 aliphatic rings. The van der Waals surface area contributed by atoms with Crippen molar-refractivity contribution in [3.8, 4) is 16.8 Å². The molecular weight excluding hydrogens is 605 g/mol. The first-order valence-corrected chi connectivity index (χ1v) is 17.0. The SMILES string of the molecule is c1ccc(-c2ccc(N(c3ccc4c(c3)oc3c5ccccc5sc43)c3ccc4c(c3)c3ccccc3n4-c3ccccc3)cc2)cc1. The number of benzene rings is 7. The molecule has 10 aromatic rings. The van der Waals surface area contributed by atoms with Crippen molar-refractivity contribution in [3.05, 3.63) is 170 Å². The molecule has 0 radical (unpaired) electrons. The van der Waals surface area contributed by atoms with E-state index in [1.807, 2.05) is 0 Å². The molecule has 10 rings (SSSR count). The number of aromatic nitrogens is 1. The number of anilines is 3. The average Bonchev–Trinajstić information content (AvgIpc) is 3.80. The van der Waals surface area contributed by atoms with E-state index in [2.05, 4.69) is 179 Å². The Balaban J connectivity index is 1.18. The monoisotopic (exact) mass is 632 g/mol. The number of nitrogens with zero attached hydrogens (tertiary/aromatic N) is 2. The second-order valence-electron chi connectivity index (χ2n) is 12.2. The van der Waals surface area contributed by atoms with Gasteiger partial charge in [0.1, 0.15) is 5.58 Å². The zero-order valence-corrected chi connectivity index (χ0v) is 26.7. The molecule has 48 heavy (non-hydrogen) atoms. The molecule has 0 spiro atoms. The quantitative estimate of drug-likeness (QED) is 0.188. The zero-order chi connectivity index (χ0) is 31.6. The highest BCUT2D eigenvalue weighted by Crippen LogP contribution is 2.44. The predicted octanol–water partition coefficient (Wildman–Crippen LogP) is 13.0. The summed E-state index contributed by atoms with van der Waals surface area (Å²) in [5, 5.41) is 4.76. The van der Waals surface area contributed by atoms with E-state index < -0.39 is 0 Å². The van der Waals surface area contributed by atoms with E-state index in [4.69, 9.17) is 4.42 Å². The molecule has 4 heteroatoms. The first-order valence-electron chi connectivity index (χ1n) is 16.2. The Bertz CT molecular complexity index is 2770. The number of hydrogen-bond donors (Lipinski definition) is 0. The zero-order valence-electron chi connectivity index (χ0n) is 25.9. The molecule has 0 bridgehead atoms. The minimum absolute atomic E-state index is 0.896. The van der Waals surface area contributed by atoms with Gasteiger partial charge in [0.15, 0.2) is 5.58 Å². The second kappa shape index (κ2) is 10.7. The molecule has 0 aliphatic carbocycles. The van der Waals surface area contributed by atoms with E-state index in [-0.39, 0.29) is 0 Å². The van der Waals surface area contributed by atoms with Crippen LogP contribution in [0.25, 0.3) is 70.0 Å². The van der Waals surface area contributed by atoms with E-state index in [0.29, 0.717) is 0 Å². The van der Waals surface area contributed by atoms with Crippen LogP contribution in [-0.4, -0.2) is 4.57 Å². The Morgan fingerprint density at radius 2 is 1.08 bits per heavy atom. The molecule has 0 saturated carbocycles. The minimum Gasteiger partial charge on any atom is -0.454 e. The summed E-state index contributed by atoms with van der Waals surface area (Å²) >= 11 is 1.80. The Hall–Kier alpha value is -6.10. The van der Waals surface area contributed by atoms with E-state index in [9.17, 15) is 0 Å². The van der Waals surface area contributed by atoms with Gasteiger partial charge in [0, 0.05) is 55.1 Å². The van der Waals surface area contributed by atoms with Crippen LogP contribution in [0.15, 0.2) is 174 Å². The van der Waals surface area contributed by atoms with Crippen LogP contribution in [0.5, 0.6) is 0 Å². The van der Waals surface area contributed by atoms with Crippen LogP contribution in [-0.2, 0) is 0 Å². The molecule has 7 aromatic carbocycles. The maximum atomic E-state index is 6.61. The van der Waals surface area contributed by atoms with Crippen LogP contribution in [0.3, 0.4) is 0 Å². The number of thiophene rings is 1. The van der Waals surface area contributed by atoms with Gasteiger partial charge in [-0.2, -0.15) is 0 Å². The first kappa shape index (κ1) is 27.1. The fraction of sp³-hybridized carbons (Fsp3) is 0. The van der Waals surface area contributed by atoms with Gasteiger partial charge in [-0.15, -0.1) is 11.3 Å². The van der Waals surface area contributed by atoms with Gasteiger partial charge in [0.25, 0.3) is 0 Å². The van der Waals surface area contributed by atoms with Crippen molar-refractivity contribution in [2.24, 2.45) is 0 Å². The summed E-state index contributed by atoms with van der Waals surface area (Å²) in [6.45, 7) is 0.